The molecule has 9 nitrogen and oxygen atoms in total. The lowest BCUT2D eigenvalue weighted by Crippen LogP contribution is -2.43. The molecule has 1 aliphatic rings. The first kappa shape index (κ1) is 20.7. The van der Waals surface area contributed by atoms with Crippen LogP contribution in [0.3, 0.4) is 0 Å². The summed E-state index contributed by atoms with van der Waals surface area (Å²) < 4.78 is 32.4. The fourth-order valence-corrected chi connectivity index (χ4v) is 4.95. The molecule has 1 fully saturated rings. The molecule has 0 spiro atoms. The lowest BCUT2D eigenvalue weighted by Gasteiger charge is -2.24. The van der Waals surface area contributed by atoms with Crippen molar-refractivity contribution in [3.63, 3.8) is 0 Å². The molecule has 0 saturated carbocycles. The molecule has 1 heterocycles. The van der Waals surface area contributed by atoms with E-state index in [0.29, 0.717) is 25.1 Å². The molecule has 1 aliphatic heterocycles. The van der Waals surface area contributed by atoms with Gasteiger partial charge >= 0.3 is 0 Å². The van der Waals surface area contributed by atoms with Gasteiger partial charge in [0, 0.05) is 36.8 Å². The number of hydrogen-bond acceptors (Lipinski definition) is 6. The highest BCUT2D eigenvalue weighted by atomic mass is 32.2. The zero-order valence-corrected chi connectivity index (χ0v) is 16.6. The number of methoxy groups -OCH3 is 1. The third kappa shape index (κ3) is 4.54. The molecule has 154 valence electrons. The van der Waals surface area contributed by atoms with Crippen LogP contribution in [-0.4, -0.2) is 49.8 Å². The van der Waals surface area contributed by atoms with E-state index >= 15 is 0 Å². The Labute approximate surface area is 168 Å². The van der Waals surface area contributed by atoms with Crippen molar-refractivity contribution >= 4 is 21.6 Å². The summed E-state index contributed by atoms with van der Waals surface area (Å²) in [5.74, 6) is 0.158. The molecular formula is C19H21N3O6S. The van der Waals surface area contributed by atoms with Crippen molar-refractivity contribution in [3.8, 4) is 5.75 Å². The number of amides is 1. The number of rotatable bonds is 7. The largest absolute Gasteiger partial charge is 0.497 e. The second-order valence-corrected chi connectivity index (χ2v) is 8.49. The van der Waals surface area contributed by atoms with Gasteiger partial charge in [0.1, 0.15) is 5.75 Å². The molecule has 1 amide bonds. The predicted molar refractivity (Wildman–Crippen MR) is 105 cm³/mol. The van der Waals surface area contributed by atoms with Crippen molar-refractivity contribution in [3.05, 3.63) is 64.2 Å². The van der Waals surface area contributed by atoms with Gasteiger partial charge in [0.15, 0.2) is 0 Å². The van der Waals surface area contributed by atoms with E-state index in [9.17, 15) is 23.3 Å². The number of nitro groups is 1. The summed E-state index contributed by atoms with van der Waals surface area (Å²) in [6, 6.07) is 11.1. The highest BCUT2D eigenvalue weighted by molar-refractivity contribution is 7.89. The van der Waals surface area contributed by atoms with Crippen LogP contribution in [0.1, 0.15) is 23.2 Å². The summed E-state index contributed by atoms with van der Waals surface area (Å²) in [5, 5.41) is 13.4. The Morgan fingerprint density at radius 2 is 1.86 bits per heavy atom. The van der Waals surface area contributed by atoms with Crippen molar-refractivity contribution in [1.29, 1.82) is 0 Å². The number of non-ortho nitro benzene ring substituents is 1. The van der Waals surface area contributed by atoms with E-state index in [2.05, 4.69) is 5.32 Å². The fraction of sp³-hybridized carbons (Fsp3) is 0.316. The fourth-order valence-electron chi connectivity index (χ4n) is 3.26. The van der Waals surface area contributed by atoms with Crippen LogP contribution < -0.4 is 10.1 Å². The van der Waals surface area contributed by atoms with Crippen LogP contribution in [0.5, 0.6) is 5.75 Å². The average molecular weight is 419 g/mol. The van der Waals surface area contributed by atoms with Crippen molar-refractivity contribution in [2.75, 3.05) is 20.2 Å². The van der Waals surface area contributed by atoms with Gasteiger partial charge in [0.05, 0.1) is 16.9 Å². The zero-order chi connectivity index (χ0) is 21.0. The molecule has 1 atom stereocenters. The van der Waals surface area contributed by atoms with Gasteiger partial charge in [-0.05, 0) is 49.2 Å². The summed E-state index contributed by atoms with van der Waals surface area (Å²) in [6.07, 6.45) is 1.34. The topological polar surface area (TPSA) is 119 Å². The second-order valence-electron chi connectivity index (χ2n) is 6.60. The summed E-state index contributed by atoms with van der Waals surface area (Å²) in [5.41, 5.74) is 0.173. The zero-order valence-electron chi connectivity index (χ0n) is 15.8. The normalized spacial score (nSPS) is 17.1. The monoisotopic (exact) mass is 419 g/mol. The molecule has 2 aromatic rings. The first-order valence-electron chi connectivity index (χ1n) is 9.01. The Balaban J connectivity index is 1.67. The summed E-state index contributed by atoms with van der Waals surface area (Å²) in [4.78, 5) is 22.7. The molecule has 1 N–H and O–H groups in total. The van der Waals surface area contributed by atoms with Crippen LogP contribution in [0.2, 0.25) is 0 Å². The lowest BCUT2D eigenvalue weighted by atomic mass is 10.2. The maximum absolute atomic E-state index is 13.0. The Morgan fingerprint density at radius 3 is 2.45 bits per heavy atom. The number of sulfonamides is 1. The van der Waals surface area contributed by atoms with Gasteiger partial charge in [-0.25, -0.2) is 8.42 Å². The molecule has 1 saturated heterocycles. The lowest BCUT2D eigenvalue weighted by molar-refractivity contribution is -0.384. The molecule has 10 heteroatoms. The van der Waals surface area contributed by atoms with Gasteiger partial charge in [-0.3, -0.25) is 14.9 Å². The van der Waals surface area contributed by atoms with E-state index in [4.69, 9.17) is 4.74 Å². The van der Waals surface area contributed by atoms with Gasteiger partial charge in [-0.2, -0.15) is 4.31 Å². The van der Waals surface area contributed by atoms with Crippen molar-refractivity contribution in [2.45, 2.75) is 23.8 Å². The maximum Gasteiger partial charge on any atom is 0.269 e. The second kappa shape index (κ2) is 8.58. The van der Waals surface area contributed by atoms with Crippen molar-refractivity contribution in [2.24, 2.45) is 0 Å². The van der Waals surface area contributed by atoms with E-state index in [-0.39, 0.29) is 28.7 Å². The molecular weight excluding hydrogens is 398 g/mol. The number of carbonyl (C=O) groups excluding carboxylic acids is 1. The van der Waals surface area contributed by atoms with Crippen molar-refractivity contribution in [1.82, 2.24) is 9.62 Å². The van der Waals surface area contributed by atoms with Crippen LogP contribution in [0.15, 0.2) is 53.4 Å². The molecule has 0 aliphatic carbocycles. The van der Waals surface area contributed by atoms with E-state index in [0.717, 1.165) is 0 Å². The third-order valence-electron chi connectivity index (χ3n) is 4.83. The summed E-state index contributed by atoms with van der Waals surface area (Å²) in [7, 11) is -2.18. The maximum atomic E-state index is 13.0. The first-order chi connectivity index (χ1) is 13.8. The minimum atomic E-state index is -3.69. The molecule has 3 rings (SSSR count). The van der Waals surface area contributed by atoms with Gasteiger partial charge in [-0.15, -0.1) is 0 Å². The molecule has 29 heavy (non-hydrogen) atoms. The SMILES string of the molecule is COc1ccc(S(=O)(=O)N2CCCC2CNC(=O)c2ccc([N+](=O)[O-])cc2)cc1. The average Bonchev–Trinajstić information content (AvgIpc) is 3.21. The summed E-state index contributed by atoms with van der Waals surface area (Å²) >= 11 is 0. The minimum absolute atomic E-state index is 0.103. The first-order valence-corrected chi connectivity index (χ1v) is 10.5. The number of benzene rings is 2. The van der Waals surface area contributed by atoms with Crippen LogP contribution in [0.25, 0.3) is 0 Å². The van der Waals surface area contributed by atoms with Crippen LogP contribution >= 0.6 is 0 Å². The quantitative estimate of drug-likeness (QED) is 0.543. The standard InChI is InChI=1S/C19H21N3O6S/c1-28-17-8-10-18(11-9-17)29(26,27)21-12-2-3-16(21)13-20-19(23)14-4-6-15(7-5-14)22(24)25/h4-11,16H,2-3,12-13H2,1H3,(H,20,23). The van der Waals surface area contributed by atoms with Gasteiger partial charge in [0.2, 0.25) is 10.0 Å². The Bertz CT molecular complexity index is 990. The van der Waals surface area contributed by atoms with E-state index in [1.54, 1.807) is 12.1 Å². The third-order valence-corrected chi connectivity index (χ3v) is 6.79. The van der Waals surface area contributed by atoms with E-state index in [1.807, 2.05) is 0 Å². The van der Waals surface area contributed by atoms with Crippen molar-refractivity contribution < 1.29 is 22.9 Å². The van der Waals surface area contributed by atoms with Crippen LogP contribution in [0.4, 0.5) is 5.69 Å². The number of carbonyl (C=O) groups is 1. The van der Waals surface area contributed by atoms with Gasteiger partial charge < -0.3 is 10.1 Å². The number of nitrogens with one attached hydrogen (secondary N) is 1. The number of hydrogen-bond donors (Lipinski definition) is 1. The minimum Gasteiger partial charge on any atom is -0.497 e. The Morgan fingerprint density at radius 1 is 1.21 bits per heavy atom. The van der Waals surface area contributed by atoms with Gasteiger partial charge in [0.25, 0.3) is 11.6 Å². The Hall–Kier alpha value is -2.98. The Kier molecular flexibility index (Phi) is 6.14. The smallest absolute Gasteiger partial charge is 0.269 e. The summed E-state index contributed by atoms with van der Waals surface area (Å²) in [6.45, 7) is 0.539. The molecule has 0 bridgehead atoms. The highest BCUT2D eigenvalue weighted by Gasteiger charge is 2.35. The van der Waals surface area contributed by atoms with E-state index < -0.39 is 20.9 Å². The highest BCUT2D eigenvalue weighted by Crippen LogP contribution is 2.27. The van der Waals surface area contributed by atoms with Gasteiger partial charge in [-0.1, -0.05) is 0 Å². The number of nitrogens with zero attached hydrogens (tertiary/aromatic N) is 2. The van der Waals surface area contributed by atoms with Crippen LogP contribution in [-0.2, 0) is 10.0 Å². The number of nitro benzene ring substituents is 1. The molecule has 2 aromatic carbocycles. The number of ether oxygens (including phenoxy) is 1. The van der Waals surface area contributed by atoms with Crippen LogP contribution in [0, 0.1) is 10.1 Å². The molecule has 1 unspecified atom stereocenters. The molecule has 0 radical (unpaired) electrons. The molecule has 0 aromatic heterocycles. The predicted octanol–water partition coefficient (Wildman–Crippen LogP) is 2.19. The van der Waals surface area contributed by atoms with E-state index in [1.165, 1.54) is 47.8 Å².